The lowest BCUT2D eigenvalue weighted by molar-refractivity contribution is -0.127. The largest absolute Gasteiger partial charge is 0.486 e. The first-order valence-corrected chi connectivity index (χ1v) is 9.00. The van der Waals surface area contributed by atoms with Crippen molar-refractivity contribution in [3.05, 3.63) is 23.8 Å². The molecule has 3 N–H and O–H groups in total. The molecule has 3 rings (SSSR count). The normalized spacial score (nSPS) is 23.5. The number of carbonyl (C=O) groups excluding carboxylic acids is 1. The first kappa shape index (κ1) is 19.9. The van der Waals surface area contributed by atoms with Crippen LogP contribution in [0.4, 0.5) is 0 Å². The van der Waals surface area contributed by atoms with E-state index in [1.54, 1.807) is 0 Å². The van der Waals surface area contributed by atoms with Gasteiger partial charge in [-0.2, -0.15) is 0 Å². The van der Waals surface area contributed by atoms with Crippen molar-refractivity contribution in [1.29, 1.82) is 0 Å². The van der Waals surface area contributed by atoms with E-state index in [0.717, 1.165) is 42.7 Å². The number of carbonyl (C=O) groups is 1. The van der Waals surface area contributed by atoms with Gasteiger partial charge in [-0.05, 0) is 42.9 Å². The molecule has 0 saturated heterocycles. The number of hydrogen-bond acceptors (Lipinski definition) is 4. The van der Waals surface area contributed by atoms with E-state index in [9.17, 15) is 4.79 Å². The summed E-state index contributed by atoms with van der Waals surface area (Å²) in [5, 5.41) is 3.24. The highest BCUT2D eigenvalue weighted by Crippen LogP contribution is 2.35. The molecule has 140 valence electrons. The number of hydrogen-bond donors (Lipinski definition) is 2. The number of fused-ring (bicyclic) bond motifs is 1. The summed E-state index contributed by atoms with van der Waals surface area (Å²) in [5.41, 5.74) is 7.09. The molecule has 0 aromatic heterocycles. The van der Waals surface area contributed by atoms with Crippen molar-refractivity contribution in [3.63, 3.8) is 0 Å². The third kappa shape index (κ3) is 4.79. The molecule has 25 heavy (non-hydrogen) atoms. The quantitative estimate of drug-likeness (QED) is 0.855. The molecule has 1 heterocycles. The van der Waals surface area contributed by atoms with E-state index in [1.807, 2.05) is 18.2 Å². The Morgan fingerprint density at radius 2 is 1.92 bits per heavy atom. The Bertz CT molecular complexity index is 594. The van der Waals surface area contributed by atoms with Crippen LogP contribution in [0.5, 0.6) is 11.5 Å². The fourth-order valence-corrected chi connectivity index (χ4v) is 3.63. The molecule has 5 nitrogen and oxygen atoms in total. The maximum absolute atomic E-state index is 12.7. The van der Waals surface area contributed by atoms with E-state index < -0.39 is 0 Å². The van der Waals surface area contributed by atoms with Crippen LogP contribution in [0.2, 0.25) is 0 Å². The highest BCUT2D eigenvalue weighted by Gasteiger charge is 2.28. The SMILES string of the molecule is CC(C)C(NC(=O)C1CCCC(N)C1)c1ccc2c(c1)OCCO2.Cl. The predicted molar refractivity (Wildman–Crippen MR) is 100 cm³/mol. The zero-order valence-electron chi connectivity index (χ0n) is 15.0. The molecular formula is C19H29ClN2O3. The van der Waals surface area contributed by atoms with Gasteiger partial charge in [0.1, 0.15) is 13.2 Å². The van der Waals surface area contributed by atoms with Gasteiger partial charge in [0.05, 0.1) is 6.04 Å². The smallest absolute Gasteiger partial charge is 0.223 e. The molecule has 1 aromatic carbocycles. The van der Waals surface area contributed by atoms with E-state index >= 15 is 0 Å². The fraction of sp³-hybridized carbons (Fsp3) is 0.632. The number of ether oxygens (including phenoxy) is 2. The Balaban J connectivity index is 0.00000225. The zero-order valence-corrected chi connectivity index (χ0v) is 15.8. The maximum atomic E-state index is 12.7. The van der Waals surface area contributed by atoms with Crippen LogP contribution < -0.4 is 20.5 Å². The number of benzene rings is 1. The molecular weight excluding hydrogens is 340 g/mol. The van der Waals surface area contributed by atoms with Gasteiger partial charge in [-0.1, -0.05) is 26.3 Å². The number of rotatable bonds is 4. The number of amides is 1. The van der Waals surface area contributed by atoms with Crippen molar-refractivity contribution in [2.24, 2.45) is 17.6 Å². The summed E-state index contributed by atoms with van der Waals surface area (Å²) in [6, 6.07) is 6.06. The van der Waals surface area contributed by atoms with Crippen molar-refractivity contribution in [2.75, 3.05) is 13.2 Å². The summed E-state index contributed by atoms with van der Waals surface area (Å²) in [5.74, 6) is 1.98. The average Bonchev–Trinajstić information content (AvgIpc) is 2.58. The van der Waals surface area contributed by atoms with Crippen molar-refractivity contribution in [1.82, 2.24) is 5.32 Å². The molecule has 1 saturated carbocycles. The molecule has 1 aromatic rings. The topological polar surface area (TPSA) is 73.6 Å². The molecule has 6 heteroatoms. The first-order valence-electron chi connectivity index (χ1n) is 9.00. The molecule has 1 amide bonds. The Hall–Kier alpha value is -1.46. The maximum Gasteiger partial charge on any atom is 0.223 e. The van der Waals surface area contributed by atoms with E-state index in [0.29, 0.717) is 13.2 Å². The van der Waals surface area contributed by atoms with Crippen molar-refractivity contribution in [2.45, 2.75) is 51.6 Å². The molecule has 3 unspecified atom stereocenters. The van der Waals surface area contributed by atoms with Gasteiger partial charge in [0.2, 0.25) is 5.91 Å². The average molecular weight is 369 g/mol. The van der Waals surface area contributed by atoms with Crippen LogP contribution >= 0.6 is 12.4 Å². The van der Waals surface area contributed by atoms with E-state index in [2.05, 4.69) is 19.2 Å². The Kier molecular flexibility index (Phi) is 6.96. The zero-order chi connectivity index (χ0) is 17.1. The summed E-state index contributed by atoms with van der Waals surface area (Å²) in [7, 11) is 0. The second-order valence-electron chi connectivity index (χ2n) is 7.26. The molecule has 1 aliphatic carbocycles. The van der Waals surface area contributed by atoms with Crippen LogP contribution in [0.3, 0.4) is 0 Å². The highest BCUT2D eigenvalue weighted by atomic mass is 35.5. The lowest BCUT2D eigenvalue weighted by atomic mass is 9.85. The second kappa shape index (κ2) is 8.77. The molecule has 1 fully saturated rings. The number of nitrogens with two attached hydrogens (primary N) is 1. The molecule has 3 atom stereocenters. The third-order valence-corrected chi connectivity index (χ3v) is 4.98. The van der Waals surface area contributed by atoms with Crippen molar-refractivity contribution >= 4 is 18.3 Å². The van der Waals surface area contributed by atoms with Gasteiger partial charge in [0.15, 0.2) is 11.5 Å². The summed E-state index contributed by atoms with van der Waals surface area (Å²) < 4.78 is 11.3. The first-order chi connectivity index (χ1) is 11.5. The van der Waals surface area contributed by atoms with Crippen LogP contribution in [0.25, 0.3) is 0 Å². The summed E-state index contributed by atoms with van der Waals surface area (Å²) in [4.78, 5) is 12.7. The molecule has 0 radical (unpaired) electrons. The van der Waals surface area contributed by atoms with Crippen molar-refractivity contribution in [3.8, 4) is 11.5 Å². The lowest BCUT2D eigenvalue weighted by Gasteiger charge is -2.30. The molecule has 2 aliphatic rings. The van der Waals surface area contributed by atoms with Crippen LogP contribution in [0, 0.1) is 11.8 Å². The van der Waals surface area contributed by atoms with E-state index in [-0.39, 0.29) is 42.2 Å². The second-order valence-corrected chi connectivity index (χ2v) is 7.26. The third-order valence-electron chi connectivity index (χ3n) is 4.98. The summed E-state index contributed by atoms with van der Waals surface area (Å²) >= 11 is 0. The Labute approximate surface area is 156 Å². The van der Waals surface area contributed by atoms with Gasteiger partial charge < -0.3 is 20.5 Å². The van der Waals surface area contributed by atoms with Gasteiger partial charge in [-0.3, -0.25) is 4.79 Å². The minimum atomic E-state index is -0.0357. The van der Waals surface area contributed by atoms with Gasteiger partial charge in [-0.15, -0.1) is 12.4 Å². The fourth-order valence-electron chi connectivity index (χ4n) is 3.63. The Morgan fingerprint density at radius 3 is 2.60 bits per heavy atom. The van der Waals surface area contributed by atoms with E-state index in [4.69, 9.17) is 15.2 Å². The molecule has 0 bridgehead atoms. The van der Waals surface area contributed by atoms with Crippen LogP contribution in [-0.4, -0.2) is 25.2 Å². The predicted octanol–water partition coefficient (Wildman–Crippen LogP) is 3.21. The van der Waals surface area contributed by atoms with Gasteiger partial charge >= 0.3 is 0 Å². The minimum absolute atomic E-state index is 0. The number of nitrogens with one attached hydrogen (secondary N) is 1. The monoisotopic (exact) mass is 368 g/mol. The van der Waals surface area contributed by atoms with Gasteiger partial charge in [0.25, 0.3) is 0 Å². The molecule has 0 spiro atoms. The standard InChI is InChI=1S/C19H28N2O3.ClH/c1-12(2)18(21-19(22)14-4-3-5-15(20)10-14)13-6-7-16-17(11-13)24-9-8-23-16;/h6-7,11-12,14-15,18H,3-5,8-10,20H2,1-2H3,(H,21,22);1H. The van der Waals surface area contributed by atoms with Crippen LogP contribution in [-0.2, 0) is 4.79 Å². The van der Waals surface area contributed by atoms with Crippen LogP contribution in [0.15, 0.2) is 18.2 Å². The minimum Gasteiger partial charge on any atom is -0.486 e. The molecule has 1 aliphatic heterocycles. The Morgan fingerprint density at radius 1 is 1.20 bits per heavy atom. The number of halogens is 1. The van der Waals surface area contributed by atoms with Gasteiger partial charge in [-0.25, -0.2) is 0 Å². The van der Waals surface area contributed by atoms with Crippen LogP contribution in [0.1, 0.15) is 51.1 Å². The highest BCUT2D eigenvalue weighted by molar-refractivity contribution is 5.85. The van der Waals surface area contributed by atoms with E-state index in [1.165, 1.54) is 0 Å². The summed E-state index contributed by atoms with van der Waals surface area (Å²) in [6.07, 6.45) is 3.79. The van der Waals surface area contributed by atoms with Crippen molar-refractivity contribution < 1.29 is 14.3 Å². The lowest BCUT2D eigenvalue weighted by Crippen LogP contribution is -2.40. The van der Waals surface area contributed by atoms with Gasteiger partial charge in [0, 0.05) is 12.0 Å². The summed E-state index contributed by atoms with van der Waals surface area (Å²) in [6.45, 7) is 5.39.